The number of anilines is 2. The molecule has 34 heteroatoms. The zero-order chi connectivity index (χ0) is 65.6. The van der Waals surface area contributed by atoms with Crippen molar-refractivity contribution in [2.75, 3.05) is 37.3 Å². The third-order valence-corrected chi connectivity index (χ3v) is 13.5. The molecule has 8 unspecified atom stereocenters. The number of nitro benzene ring substituents is 2. The zero-order valence-electron chi connectivity index (χ0n) is 48.0. The van der Waals surface area contributed by atoms with E-state index < -0.39 is 156 Å². The molecule has 14 N–H and O–H groups in total. The lowest BCUT2D eigenvalue weighted by Crippen LogP contribution is -2.46. The van der Waals surface area contributed by atoms with Crippen LogP contribution < -0.4 is 54.8 Å². The van der Waals surface area contributed by atoms with E-state index >= 15 is 0 Å². The summed E-state index contributed by atoms with van der Waals surface area (Å²) in [5.74, 6) is -9.08. The van der Waals surface area contributed by atoms with Crippen molar-refractivity contribution in [3.05, 3.63) is 128 Å². The number of hydrogen-bond acceptors (Lipinski definition) is 32. The number of nitrogens with one attached hydrogen (secondary N) is 2. The number of esters is 4. The summed E-state index contributed by atoms with van der Waals surface area (Å²) in [5, 5.41) is 23.9. The third-order valence-electron chi connectivity index (χ3n) is 13.5. The van der Waals surface area contributed by atoms with Crippen LogP contribution in [-0.4, -0.2) is 154 Å². The van der Waals surface area contributed by atoms with Gasteiger partial charge < -0.3 is 72.7 Å². The lowest BCUT2D eigenvalue weighted by molar-refractivity contribution is -0.385. The van der Waals surface area contributed by atoms with Gasteiger partial charge in [0.15, 0.2) is 0 Å². The third kappa shape index (κ3) is 20.9. The number of nitrogens with zero attached hydrogens (tertiary/aromatic N) is 4. The number of non-ortho nitro benzene ring substituents is 2. The number of ether oxygens (including phenoxy) is 4. The molecular weight excluding hydrogens is 1190 g/mol. The fourth-order valence-electron chi connectivity index (χ4n) is 8.58. The minimum absolute atomic E-state index is 0.0498. The smallest absolute Gasteiger partial charge is 0.348 e. The molecule has 2 aliphatic rings. The summed E-state index contributed by atoms with van der Waals surface area (Å²) < 4.78 is 21.4. The summed E-state index contributed by atoms with van der Waals surface area (Å²) in [4.78, 5) is 170. The Kier molecular flexibility index (Phi) is 25.7. The lowest BCUT2D eigenvalue weighted by atomic mass is 10.0. The Morgan fingerprint density at radius 2 is 0.833 bits per heavy atom. The molecule has 482 valence electrons. The van der Waals surface area contributed by atoms with Gasteiger partial charge in [0.2, 0.25) is 0 Å². The molecule has 0 amide bonds. The molecule has 0 aliphatic carbocycles. The van der Waals surface area contributed by atoms with E-state index in [1.165, 1.54) is 60.7 Å². The zero-order valence-corrected chi connectivity index (χ0v) is 48.0. The van der Waals surface area contributed by atoms with Gasteiger partial charge in [-0.2, -0.15) is 0 Å². The first kappa shape index (κ1) is 69.2. The van der Waals surface area contributed by atoms with Crippen LogP contribution in [0.1, 0.15) is 62.5 Å². The van der Waals surface area contributed by atoms with Gasteiger partial charge in [-0.25, -0.2) is 39.7 Å². The number of nitrogens with two attached hydrogens (primary N) is 6. The first-order valence-corrected chi connectivity index (χ1v) is 27.8. The Balaban J connectivity index is 0.841. The van der Waals surface area contributed by atoms with E-state index in [-0.39, 0.29) is 73.0 Å². The molecular formula is C56H66N12O22. The van der Waals surface area contributed by atoms with Crippen molar-refractivity contribution in [1.29, 1.82) is 0 Å². The fraction of sp³-hybridized carbons (Fsp3) is 0.393. The number of para-hydroxylation sites is 2. The first-order valence-electron chi connectivity index (χ1n) is 27.8. The molecule has 2 heterocycles. The number of carbonyl (C=O) groups is 10. The maximum Gasteiger partial charge on any atom is 0.348 e. The van der Waals surface area contributed by atoms with Gasteiger partial charge >= 0.3 is 47.8 Å². The molecule has 8 atom stereocenters. The maximum atomic E-state index is 13.4. The van der Waals surface area contributed by atoms with Gasteiger partial charge in [-0.3, -0.25) is 39.4 Å². The highest BCUT2D eigenvalue weighted by molar-refractivity contribution is 5.92. The van der Waals surface area contributed by atoms with Crippen LogP contribution in [0.25, 0.3) is 0 Å². The number of benzene rings is 4. The lowest BCUT2D eigenvalue weighted by Gasteiger charge is -2.24. The van der Waals surface area contributed by atoms with Gasteiger partial charge in [0, 0.05) is 75.9 Å². The largest absolute Gasteiger partial charge is 0.462 e. The number of carbonyl (C=O) groups excluding carboxylic acids is 10. The van der Waals surface area contributed by atoms with Gasteiger partial charge in [0.25, 0.3) is 11.4 Å². The van der Waals surface area contributed by atoms with Gasteiger partial charge in [0.1, 0.15) is 84.6 Å². The monoisotopic (exact) mass is 1260 g/mol. The standard InChI is InChI=1S/C56H66N12O22/c57-39(51(73)87-63-33-13-17-35(18-14-33)67(79)80)25-31-7-1-3-11-47(31)85-55(77)45-9-5-23-65(45)89-53(75)43(61)29-83-49(71)41(59)27-37(69)21-22-38(70)28-42(60)50(72)84-30-44(62)54(76)90-66-24-6-10-46(66)56(78)86-48-12-4-2-8-32(48)26-40(58)52(74)88-64-34-15-19-36(20-16-34)68(81)82/h1-4,7-8,11-20,39-46,63-64H,5-6,9-10,21-30,57-62H2. The normalized spacial score (nSPS) is 16.7. The van der Waals surface area contributed by atoms with Crippen LogP contribution in [0.3, 0.4) is 0 Å². The first-order chi connectivity index (χ1) is 42.9. The van der Waals surface area contributed by atoms with Gasteiger partial charge in [-0.15, -0.1) is 10.1 Å². The predicted octanol–water partition coefficient (Wildman–Crippen LogP) is -0.166. The highest BCUT2D eigenvalue weighted by Crippen LogP contribution is 2.27. The van der Waals surface area contributed by atoms with Crippen molar-refractivity contribution in [3.8, 4) is 11.5 Å². The average Bonchev–Trinajstić information content (AvgIpc) is 2.59. The Labute approximate surface area is 511 Å². The fourth-order valence-corrected chi connectivity index (χ4v) is 8.58. The molecule has 90 heavy (non-hydrogen) atoms. The Morgan fingerprint density at radius 1 is 0.478 bits per heavy atom. The number of ketones is 2. The minimum atomic E-state index is -1.58. The molecule has 2 saturated heterocycles. The van der Waals surface area contributed by atoms with E-state index in [0.717, 1.165) is 10.1 Å². The number of hydroxylamine groups is 4. The van der Waals surface area contributed by atoms with E-state index in [4.69, 9.17) is 72.7 Å². The van der Waals surface area contributed by atoms with Crippen LogP contribution in [-0.2, 0) is 89.6 Å². The van der Waals surface area contributed by atoms with Crippen LogP contribution in [0.4, 0.5) is 22.7 Å². The number of Topliss-reactive ketones (excluding diaryl/α,β-unsaturated/α-hetero) is 2. The Morgan fingerprint density at radius 3 is 1.19 bits per heavy atom. The van der Waals surface area contributed by atoms with E-state index in [9.17, 15) is 68.2 Å². The summed E-state index contributed by atoms with van der Waals surface area (Å²) in [5.41, 5.74) is 41.2. The van der Waals surface area contributed by atoms with Crippen LogP contribution in [0, 0.1) is 20.2 Å². The van der Waals surface area contributed by atoms with Crippen LogP contribution in [0.5, 0.6) is 11.5 Å². The van der Waals surface area contributed by atoms with Crippen molar-refractivity contribution in [1.82, 2.24) is 10.1 Å². The summed E-state index contributed by atoms with van der Waals surface area (Å²) in [6.45, 7) is -1.29. The van der Waals surface area contributed by atoms with Gasteiger partial charge in [0.05, 0.1) is 21.2 Å². The molecule has 34 nitrogen and oxygen atoms in total. The van der Waals surface area contributed by atoms with E-state index in [1.54, 1.807) is 36.4 Å². The van der Waals surface area contributed by atoms with Crippen molar-refractivity contribution in [2.24, 2.45) is 34.4 Å². The van der Waals surface area contributed by atoms with Crippen LogP contribution >= 0.6 is 0 Å². The summed E-state index contributed by atoms with van der Waals surface area (Å²) >= 11 is 0. The molecule has 2 fully saturated rings. The quantitative estimate of drug-likeness (QED) is 0.0101. The molecule has 0 saturated carbocycles. The summed E-state index contributed by atoms with van der Waals surface area (Å²) in [6.07, 6.45) is -1.11. The molecule has 0 radical (unpaired) electrons. The topological polar surface area (TPSA) is 517 Å². The minimum Gasteiger partial charge on any atom is -0.462 e. The number of hydrogen-bond donors (Lipinski definition) is 8. The molecule has 0 aromatic heterocycles. The van der Waals surface area contributed by atoms with Crippen molar-refractivity contribution in [2.45, 2.75) is 113 Å². The molecule has 0 spiro atoms. The Hall–Kier alpha value is -9.94. The molecule has 6 rings (SSSR count). The van der Waals surface area contributed by atoms with Crippen molar-refractivity contribution in [3.63, 3.8) is 0 Å². The molecule has 2 aliphatic heterocycles. The second-order valence-electron chi connectivity index (χ2n) is 20.4. The van der Waals surface area contributed by atoms with Crippen molar-refractivity contribution >= 4 is 82.1 Å². The van der Waals surface area contributed by atoms with E-state index in [2.05, 4.69) is 11.0 Å². The Bertz CT molecular complexity index is 3050. The van der Waals surface area contributed by atoms with Crippen LogP contribution in [0.2, 0.25) is 0 Å². The van der Waals surface area contributed by atoms with E-state index in [1.807, 2.05) is 0 Å². The molecule has 4 aromatic rings. The second kappa shape index (κ2) is 33.4. The SMILES string of the molecule is NC(CC(=O)CCC(=O)CC(N)C(=O)OCC(N)C(=O)ON1CCCC1C(=O)Oc1ccccc1CC(N)C(=O)ONc1ccc([N+](=O)[O-])cc1)C(=O)OCC(N)C(=O)ON1CCCC1C(=O)Oc1ccccc1CC(N)C(=O)ONc1ccc([N+](=O)[O-])cc1. The average molecular weight is 1260 g/mol. The second-order valence-corrected chi connectivity index (χ2v) is 20.4. The van der Waals surface area contributed by atoms with E-state index in [0.29, 0.717) is 24.0 Å². The maximum absolute atomic E-state index is 13.4. The van der Waals surface area contributed by atoms with Crippen LogP contribution in [0.15, 0.2) is 97.1 Å². The number of rotatable bonds is 33. The van der Waals surface area contributed by atoms with Gasteiger partial charge in [-0.05, 0) is 73.2 Å². The molecule has 4 aromatic carbocycles. The van der Waals surface area contributed by atoms with Crippen molar-refractivity contribution < 1.29 is 96.1 Å². The summed E-state index contributed by atoms with van der Waals surface area (Å²) in [6, 6.07) is 11.6. The van der Waals surface area contributed by atoms with Gasteiger partial charge in [-0.1, -0.05) is 36.4 Å². The summed E-state index contributed by atoms with van der Waals surface area (Å²) in [7, 11) is 0. The highest BCUT2D eigenvalue weighted by atomic mass is 16.7. The predicted molar refractivity (Wildman–Crippen MR) is 307 cm³/mol. The molecule has 0 bridgehead atoms. The number of nitro groups is 2. The highest BCUT2D eigenvalue weighted by Gasteiger charge is 2.39.